The minimum Gasteiger partial charge on any atom is -0.465 e. The fourth-order valence-electron chi connectivity index (χ4n) is 4.45. The molecule has 1 N–H and O–H groups in total. The number of aldehydes is 1. The SMILES string of the molecule is COCC(=O)N1CCc2cc(N/C(=C(\C=O)c3ccc(C(=O)OC)cc3C)c3ccccc3)ccc21. The van der Waals surface area contributed by atoms with Crippen molar-refractivity contribution in [2.45, 2.75) is 13.3 Å². The molecule has 0 spiro atoms. The zero-order valence-corrected chi connectivity index (χ0v) is 20.5. The number of nitrogens with one attached hydrogen (secondary N) is 1. The van der Waals surface area contributed by atoms with Gasteiger partial charge in [0, 0.05) is 30.6 Å². The van der Waals surface area contributed by atoms with Crippen LogP contribution in [0.4, 0.5) is 11.4 Å². The Bertz CT molecular complexity index is 1330. The number of carbonyl (C=O) groups is 3. The molecule has 7 heteroatoms. The molecule has 0 aromatic heterocycles. The van der Waals surface area contributed by atoms with Crippen molar-refractivity contribution in [2.75, 3.05) is 37.6 Å². The third kappa shape index (κ3) is 5.06. The quantitative estimate of drug-likeness (QED) is 0.219. The molecular weight excluding hydrogens is 456 g/mol. The van der Waals surface area contributed by atoms with Crippen molar-refractivity contribution in [1.82, 2.24) is 0 Å². The number of hydrogen-bond donors (Lipinski definition) is 1. The maximum absolute atomic E-state index is 12.5. The molecular formula is C29H28N2O5. The van der Waals surface area contributed by atoms with Gasteiger partial charge in [-0.05, 0) is 65.9 Å². The van der Waals surface area contributed by atoms with Crippen LogP contribution in [-0.4, -0.2) is 45.5 Å². The van der Waals surface area contributed by atoms with Gasteiger partial charge in [0.15, 0.2) is 6.29 Å². The van der Waals surface area contributed by atoms with Gasteiger partial charge in [-0.25, -0.2) is 4.79 Å². The zero-order valence-electron chi connectivity index (χ0n) is 20.5. The van der Waals surface area contributed by atoms with Gasteiger partial charge in [-0.3, -0.25) is 9.59 Å². The Morgan fingerprint density at radius 2 is 1.78 bits per heavy atom. The van der Waals surface area contributed by atoms with Crippen LogP contribution in [0.25, 0.3) is 11.3 Å². The van der Waals surface area contributed by atoms with Crippen molar-refractivity contribution < 1.29 is 23.9 Å². The number of hydrogen-bond acceptors (Lipinski definition) is 6. The predicted octanol–water partition coefficient (Wildman–Crippen LogP) is 4.50. The molecule has 1 aliphatic rings. The van der Waals surface area contributed by atoms with Crippen LogP contribution in [0.5, 0.6) is 0 Å². The van der Waals surface area contributed by atoms with Crippen molar-refractivity contribution in [3.63, 3.8) is 0 Å². The van der Waals surface area contributed by atoms with E-state index in [9.17, 15) is 14.4 Å². The average molecular weight is 485 g/mol. The van der Waals surface area contributed by atoms with E-state index < -0.39 is 5.97 Å². The third-order valence-electron chi connectivity index (χ3n) is 6.20. The van der Waals surface area contributed by atoms with E-state index in [4.69, 9.17) is 9.47 Å². The lowest BCUT2D eigenvalue weighted by molar-refractivity contribution is -0.122. The number of methoxy groups -OCH3 is 2. The van der Waals surface area contributed by atoms with E-state index in [1.54, 1.807) is 23.1 Å². The molecule has 184 valence electrons. The van der Waals surface area contributed by atoms with Crippen LogP contribution >= 0.6 is 0 Å². The number of nitrogens with zero attached hydrogens (tertiary/aromatic N) is 1. The number of aryl methyl sites for hydroxylation is 1. The van der Waals surface area contributed by atoms with Crippen LogP contribution in [0, 0.1) is 6.92 Å². The molecule has 0 atom stereocenters. The second-order valence-electron chi connectivity index (χ2n) is 8.49. The number of anilines is 2. The minimum atomic E-state index is -0.432. The highest BCUT2D eigenvalue weighted by atomic mass is 16.5. The third-order valence-corrected chi connectivity index (χ3v) is 6.20. The Balaban J connectivity index is 1.76. The van der Waals surface area contributed by atoms with Gasteiger partial charge in [0.2, 0.25) is 0 Å². The van der Waals surface area contributed by atoms with Crippen molar-refractivity contribution in [1.29, 1.82) is 0 Å². The first kappa shape index (κ1) is 24.9. The van der Waals surface area contributed by atoms with Crippen molar-refractivity contribution in [3.8, 4) is 0 Å². The van der Waals surface area contributed by atoms with Crippen LogP contribution in [-0.2, 0) is 25.5 Å². The van der Waals surface area contributed by atoms with Crippen LogP contribution in [0.1, 0.15) is 32.6 Å². The molecule has 3 aromatic rings. The van der Waals surface area contributed by atoms with Gasteiger partial charge in [0.05, 0.1) is 18.4 Å². The lowest BCUT2D eigenvalue weighted by Gasteiger charge is -2.19. The molecule has 7 nitrogen and oxygen atoms in total. The lowest BCUT2D eigenvalue weighted by Crippen LogP contribution is -2.31. The number of esters is 1. The monoisotopic (exact) mass is 484 g/mol. The Labute approximate surface area is 210 Å². The van der Waals surface area contributed by atoms with Gasteiger partial charge in [0.1, 0.15) is 6.61 Å². The highest BCUT2D eigenvalue weighted by molar-refractivity contribution is 6.19. The Morgan fingerprint density at radius 1 is 1.00 bits per heavy atom. The normalized spacial score (nSPS) is 13.0. The van der Waals surface area contributed by atoms with Gasteiger partial charge in [-0.15, -0.1) is 0 Å². The first-order chi connectivity index (χ1) is 17.5. The summed E-state index contributed by atoms with van der Waals surface area (Å²) in [4.78, 5) is 38.5. The standard InChI is InChI=1S/C29H28N2O5/c1-19-15-22(29(34)36-3)9-11-24(19)25(17-32)28(20-7-5-4-6-8-20)30-23-10-12-26-21(16-23)13-14-31(26)27(33)18-35-2/h4-12,15-17,30H,13-14,18H2,1-3H3/b28-25+. The van der Waals surface area contributed by atoms with E-state index >= 15 is 0 Å². The number of benzene rings is 3. The Hall–Kier alpha value is -4.23. The topological polar surface area (TPSA) is 84.9 Å². The van der Waals surface area contributed by atoms with Crippen molar-refractivity contribution >= 4 is 40.8 Å². The first-order valence-electron chi connectivity index (χ1n) is 11.6. The summed E-state index contributed by atoms with van der Waals surface area (Å²) in [6.45, 7) is 2.50. The van der Waals surface area contributed by atoms with Crippen LogP contribution in [0.3, 0.4) is 0 Å². The molecule has 4 rings (SSSR count). The average Bonchev–Trinajstić information content (AvgIpc) is 3.33. The largest absolute Gasteiger partial charge is 0.465 e. The van der Waals surface area contributed by atoms with Gasteiger partial charge in [0.25, 0.3) is 5.91 Å². The number of fused-ring (bicyclic) bond motifs is 1. The first-order valence-corrected chi connectivity index (χ1v) is 11.6. The molecule has 0 saturated heterocycles. The summed E-state index contributed by atoms with van der Waals surface area (Å²) in [7, 11) is 2.84. The fourth-order valence-corrected chi connectivity index (χ4v) is 4.45. The van der Waals surface area contributed by atoms with Crippen molar-refractivity contribution in [2.24, 2.45) is 0 Å². The van der Waals surface area contributed by atoms with E-state index in [1.807, 2.05) is 55.5 Å². The summed E-state index contributed by atoms with van der Waals surface area (Å²) < 4.78 is 9.83. The van der Waals surface area contributed by atoms with Crippen LogP contribution in [0.2, 0.25) is 0 Å². The molecule has 0 radical (unpaired) electrons. The summed E-state index contributed by atoms with van der Waals surface area (Å²) in [5.41, 5.74) is 6.57. The van der Waals surface area contributed by atoms with Gasteiger partial charge < -0.3 is 19.7 Å². The molecule has 36 heavy (non-hydrogen) atoms. The molecule has 0 unspecified atom stereocenters. The zero-order chi connectivity index (χ0) is 25.7. The minimum absolute atomic E-state index is 0.0388. The van der Waals surface area contributed by atoms with E-state index in [-0.39, 0.29) is 12.5 Å². The maximum atomic E-state index is 12.5. The fraction of sp³-hybridized carbons (Fsp3) is 0.207. The molecule has 1 amide bonds. The number of rotatable bonds is 8. The lowest BCUT2D eigenvalue weighted by atomic mass is 9.95. The van der Waals surface area contributed by atoms with E-state index in [2.05, 4.69) is 5.32 Å². The number of carbonyl (C=O) groups excluding carboxylic acids is 3. The van der Waals surface area contributed by atoms with Gasteiger partial charge >= 0.3 is 5.97 Å². The Kier molecular flexibility index (Phi) is 7.61. The van der Waals surface area contributed by atoms with Crippen LogP contribution in [0.15, 0.2) is 66.7 Å². The smallest absolute Gasteiger partial charge is 0.337 e. The highest BCUT2D eigenvalue weighted by Gasteiger charge is 2.25. The predicted molar refractivity (Wildman–Crippen MR) is 140 cm³/mol. The highest BCUT2D eigenvalue weighted by Crippen LogP contribution is 2.34. The van der Waals surface area contributed by atoms with Gasteiger partial charge in [-0.2, -0.15) is 0 Å². The summed E-state index contributed by atoms with van der Waals surface area (Å²) in [5, 5.41) is 3.45. The second-order valence-corrected chi connectivity index (χ2v) is 8.49. The summed E-state index contributed by atoms with van der Waals surface area (Å²) >= 11 is 0. The summed E-state index contributed by atoms with van der Waals surface area (Å²) in [5.74, 6) is -0.505. The van der Waals surface area contributed by atoms with E-state index in [0.717, 1.165) is 40.8 Å². The van der Waals surface area contributed by atoms with Crippen molar-refractivity contribution in [3.05, 3.63) is 94.5 Å². The molecule has 0 bridgehead atoms. The molecule has 3 aromatic carbocycles. The van der Waals surface area contributed by atoms with Crippen LogP contribution < -0.4 is 10.2 Å². The molecule has 0 saturated carbocycles. The molecule has 1 aliphatic heterocycles. The maximum Gasteiger partial charge on any atom is 0.337 e. The summed E-state index contributed by atoms with van der Waals surface area (Å²) in [6.07, 6.45) is 1.56. The molecule has 0 fully saturated rings. The second kappa shape index (κ2) is 11.0. The Morgan fingerprint density at radius 3 is 2.44 bits per heavy atom. The van der Waals surface area contributed by atoms with Gasteiger partial charge in [-0.1, -0.05) is 36.4 Å². The van der Waals surface area contributed by atoms with E-state index in [0.29, 0.717) is 28.9 Å². The summed E-state index contributed by atoms with van der Waals surface area (Å²) in [6, 6.07) is 20.6. The van der Waals surface area contributed by atoms with E-state index in [1.165, 1.54) is 14.2 Å². The molecule has 0 aliphatic carbocycles. The number of ether oxygens (including phenoxy) is 2. The molecule has 1 heterocycles. The number of amides is 1. The number of allylic oxidation sites excluding steroid dienone is 1.